The van der Waals surface area contributed by atoms with E-state index in [0.29, 0.717) is 0 Å². The molecule has 0 saturated carbocycles. The molecule has 0 saturated heterocycles. The number of rotatable bonds is 4. The number of hydrogen-bond acceptors (Lipinski definition) is 4. The number of amides is 1. The second-order valence-electron chi connectivity index (χ2n) is 6.01. The molecule has 1 atom stereocenters. The van der Waals surface area contributed by atoms with E-state index in [1.165, 1.54) is 11.8 Å². The van der Waals surface area contributed by atoms with Crippen molar-refractivity contribution in [2.45, 2.75) is 52.7 Å². The Morgan fingerprint density at radius 3 is 1.67 bits per heavy atom. The van der Waals surface area contributed by atoms with E-state index >= 15 is 0 Å². The maximum atomic E-state index is 11.9. The standard InChI is InChI=1S/C13H25NO4/c1-9(15)13(6,11(2,3)17)12(4,5)18-10(16)14(7)8/h17H,1-8H3. The molecule has 0 aromatic heterocycles. The second-order valence-corrected chi connectivity index (χ2v) is 6.01. The van der Waals surface area contributed by atoms with Crippen LogP contribution < -0.4 is 0 Å². The maximum Gasteiger partial charge on any atom is 0.409 e. The van der Waals surface area contributed by atoms with Gasteiger partial charge in [-0.2, -0.15) is 0 Å². The van der Waals surface area contributed by atoms with Crippen LogP contribution in [0.25, 0.3) is 0 Å². The monoisotopic (exact) mass is 259 g/mol. The molecule has 0 heterocycles. The first-order valence-corrected chi connectivity index (χ1v) is 5.91. The van der Waals surface area contributed by atoms with Crippen molar-refractivity contribution >= 4 is 11.9 Å². The summed E-state index contributed by atoms with van der Waals surface area (Å²) >= 11 is 0. The summed E-state index contributed by atoms with van der Waals surface area (Å²) in [6.07, 6.45) is -0.545. The van der Waals surface area contributed by atoms with Gasteiger partial charge in [0.2, 0.25) is 0 Å². The highest BCUT2D eigenvalue weighted by Gasteiger charge is 2.57. The molecule has 106 valence electrons. The molecule has 0 aliphatic rings. The van der Waals surface area contributed by atoms with Crippen LogP contribution in [0.5, 0.6) is 0 Å². The average Bonchev–Trinajstić information content (AvgIpc) is 2.12. The van der Waals surface area contributed by atoms with E-state index in [1.807, 2.05) is 0 Å². The van der Waals surface area contributed by atoms with E-state index in [4.69, 9.17) is 4.74 Å². The Bertz CT molecular complexity index is 341. The van der Waals surface area contributed by atoms with Crippen molar-refractivity contribution in [3.05, 3.63) is 0 Å². The van der Waals surface area contributed by atoms with Gasteiger partial charge in [0.25, 0.3) is 0 Å². The fraction of sp³-hybridized carbons (Fsp3) is 0.846. The van der Waals surface area contributed by atoms with Crippen LogP contribution >= 0.6 is 0 Å². The Morgan fingerprint density at radius 1 is 1.06 bits per heavy atom. The second kappa shape index (κ2) is 4.88. The van der Waals surface area contributed by atoms with E-state index in [2.05, 4.69) is 0 Å². The van der Waals surface area contributed by atoms with E-state index in [9.17, 15) is 14.7 Å². The summed E-state index contributed by atoms with van der Waals surface area (Å²) in [6, 6.07) is 0. The number of ketones is 1. The van der Waals surface area contributed by atoms with E-state index in [1.54, 1.807) is 48.7 Å². The third kappa shape index (κ3) is 2.83. The Morgan fingerprint density at radius 2 is 1.44 bits per heavy atom. The first kappa shape index (κ1) is 16.9. The van der Waals surface area contributed by atoms with Crippen molar-refractivity contribution in [1.29, 1.82) is 0 Å². The summed E-state index contributed by atoms with van der Waals surface area (Å²) in [5, 5.41) is 10.3. The molecule has 5 heteroatoms. The fourth-order valence-corrected chi connectivity index (χ4v) is 2.00. The van der Waals surface area contributed by atoms with Gasteiger partial charge in [-0.15, -0.1) is 0 Å². The van der Waals surface area contributed by atoms with Crippen LogP contribution in [0.15, 0.2) is 0 Å². The highest BCUT2D eigenvalue weighted by Crippen LogP contribution is 2.44. The number of carbonyl (C=O) groups excluding carboxylic acids is 2. The normalized spacial score (nSPS) is 15.8. The predicted octanol–water partition coefficient (Wildman–Crippen LogP) is 1.83. The van der Waals surface area contributed by atoms with E-state index in [0.717, 1.165) is 0 Å². The molecule has 0 fully saturated rings. The number of hydrogen-bond donors (Lipinski definition) is 1. The smallest absolute Gasteiger partial charge is 0.409 e. The largest absolute Gasteiger partial charge is 0.442 e. The molecule has 1 amide bonds. The van der Waals surface area contributed by atoms with Gasteiger partial charge in [-0.3, -0.25) is 4.79 Å². The highest BCUT2D eigenvalue weighted by atomic mass is 16.6. The van der Waals surface area contributed by atoms with Gasteiger partial charge in [0, 0.05) is 14.1 Å². The molecule has 0 bridgehead atoms. The Labute approximate surface area is 109 Å². The lowest BCUT2D eigenvalue weighted by atomic mass is 9.62. The summed E-state index contributed by atoms with van der Waals surface area (Å²) < 4.78 is 5.36. The Hall–Kier alpha value is -1.10. The van der Waals surface area contributed by atoms with Gasteiger partial charge >= 0.3 is 6.09 Å². The van der Waals surface area contributed by atoms with Gasteiger partial charge in [0.1, 0.15) is 11.4 Å². The minimum absolute atomic E-state index is 0.230. The number of carbonyl (C=O) groups is 2. The average molecular weight is 259 g/mol. The lowest BCUT2D eigenvalue weighted by Gasteiger charge is -2.48. The quantitative estimate of drug-likeness (QED) is 0.836. The van der Waals surface area contributed by atoms with Gasteiger partial charge in [0.05, 0.1) is 11.0 Å². The highest BCUT2D eigenvalue weighted by molar-refractivity contribution is 5.85. The van der Waals surface area contributed by atoms with Crippen LogP contribution in [0.1, 0.15) is 41.5 Å². The fourth-order valence-electron chi connectivity index (χ4n) is 2.00. The van der Waals surface area contributed by atoms with Gasteiger partial charge in [-0.25, -0.2) is 4.79 Å². The summed E-state index contributed by atoms with van der Waals surface area (Å²) in [5.41, 5.74) is -3.64. The topological polar surface area (TPSA) is 66.8 Å². The number of nitrogens with zero attached hydrogens (tertiary/aromatic N) is 1. The number of ether oxygens (including phenoxy) is 1. The molecule has 5 nitrogen and oxygen atoms in total. The maximum absolute atomic E-state index is 11.9. The Kier molecular flexibility index (Phi) is 4.58. The van der Waals surface area contributed by atoms with Crippen LogP contribution in [0.2, 0.25) is 0 Å². The summed E-state index contributed by atoms with van der Waals surface area (Å²) in [6.45, 7) is 9.35. The third-order valence-corrected chi connectivity index (χ3v) is 3.84. The zero-order chi connectivity index (χ0) is 14.9. The van der Waals surface area contributed by atoms with Crippen LogP contribution in [-0.2, 0) is 9.53 Å². The number of aliphatic hydroxyl groups is 1. The minimum atomic E-state index is -1.31. The van der Waals surface area contributed by atoms with Crippen LogP contribution in [-0.4, -0.2) is 47.2 Å². The van der Waals surface area contributed by atoms with Crippen molar-refractivity contribution in [3.8, 4) is 0 Å². The number of Topliss-reactive ketones (excluding diaryl/α,β-unsaturated/α-hetero) is 1. The van der Waals surface area contributed by atoms with Crippen molar-refractivity contribution < 1.29 is 19.4 Å². The molecule has 0 radical (unpaired) electrons. The van der Waals surface area contributed by atoms with Gasteiger partial charge < -0.3 is 14.7 Å². The molecule has 0 spiro atoms. The molecule has 0 aliphatic heterocycles. The lowest BCUT2D eigenvalue weighted by molar-refractivity contribution is -0.175. The molecule has 0 aromatic rings. The van der Waals surface area contributed by atoms with Gasteiger partial charge in [0.15, 0.2) is 0 Å². The minimum Gasteiger partial charge on any atom is -0.442 e. The molecule has 0 rings (SSSR count). The molecule has 0 aromatic carbocycles. The zero-order valence-corrected chi connectivity index (χ0v) is 12.6. The van der Waals surface area contributed by atoms with Crippen molar-refractivity contribution in [1.82, 2.24) is 4.90 Å². The van der Waals surface area contributed by atoms with Crippen molar-refractivity contribution in [3.63, 3.8) is 0 Å². The SMILES string of the molecule is CC(=O)C(C)(C(C)(C)O)C(C)(C)OC(=O)N(C)C. The summed E-state index contributed by atoms with van der Waals surface area (Å²) in [5.74, 6) is -0.230. The van der Waals surface area contributed by atoms with Crippen molar-refractivity contribution in [2.24, 2.45) is 5.41 Å². The summed E-state index contributed by atoms with van der Waals surface area (Å²) in [7, 11) is 3.13. The van der Waals surface area contributed by atoms with Crippen LogP contribution in [0, 0.1) is 5.41 Å². The molecular formula is C13H25NO4. The van der Waals surface area contributed by atoms with Crippen LogP contribution in [0.3, 0.4) is 0 Å². The van der Waals surface area contributed by atoms with Crippen LogP contribution in [0.4, 0.5) is 4.79 Å². The first-order chi connectivity index (χ1) is 7.77. The molecule has 18 heavy (non-hydrogen) atoms. The zero-order valence-electron chi connectivity index (χ0n) is 12.6. The van der Waals surface area contributed by atoms with Crippen molar-refractivity contribution in [2.75, 3.05) is 14.1 Å². The third-order valence-electron chi connectivity index (χ3n) is 3.84. The first-order valence-electron chi connectivity index (χ1n) is 5.91. The summed E-state index contributed by atoms with van der Waals surface area (Å²) in [4.78, 5) is 24.9. The molecule has 1 N–H and O–H groups in total. The molecule has 0 aliphatic carbocycles. The van der Waals surface area contributed by atoms with Gasteiger partial charge in [-0.05, 0) is 41.5 Å². The van der Waals surface area contributed by atoms with Gasteiger partial charge in [-0.1, -0.05) is 0 Å². The lowest BCUT2D eigenvalue weighted by Crippen LogP contribution is -2.61. The van der Waals surface area contributed by atoms with E-state index in [-0.39, 0.29) is 5.78 Å². The van der Waals surface area contributed by atoms with E-state index < -0.39 is 22.7 Å². The Balaban J connectivity index is 5.51. The molecular weight excluding hydrogens is 234 g/mol. The molecule has 1 unspecified atom stereocenters. The predicted molar refractivity (Wildman–Crippen MR) is 69.3 cm³/mol.